The van der Waals surface area contributed by atoms with Crippen molar-refractivity contribution in [3.05, 3.63) is 12.2 Å². The first-order valence-electron chi connectivity index (χ1n) is 7.43. The van der Waals surface area contributed by atoms with Crippen molar-refractivity contribution >= 4 is 6.09 Å². The Kier molecular flexibility index (Phi) is 8.54. The van der Waals surface area contributed by atoms with E-state index in [0.29, 0.717) is 12.5 Å². The van der Waals surface area contributed by atoms with Gasteiger partial charge in [0.2, 0.25) is 0 Å². The van der Waals surface area contributed by atoms with Crippen molar-refractivity contribution in [1.82, 2.24) is 10.2 Å². The maximum absolute atomic E-state index is 11.7. The standard InChI is InChI=1S/C16H32N2O2/c1-13(2)14(3)9-11-17-10-8-12-18(7)15(19)20-16(4,5)6/h14,17H,1,8-12H2,2-7H3. The Hall–Kier alpha value is -1.03. The minimum Gasteiger partial charge on any atom is -0.444 e. The summed E-state index contributed by atoms with van der Waals surface area (Å²) in [6.07, 6.45) is 1.78. The van der Waals surface area contributed by atoms with E-state index in [1.165, 1.54) is 5.57 Å². The third-order valence-corrected chi connectivity index (χ3v) is 3.15. The van der Waals surface area contributed by atoms with E-state index in [1.54, 1.807) is 11.9 Å². The summed E-state index contributed by atoms with van der Waals surface area (Å²) in [4.78, 5) is 13.3. The van der Waals surface area contributed by atoms with Gasteiger partial charge in [-0.1, -0.05) is 19.1 Å². The summed E-state index contributed by atoms with van der Waals surface area (Å²) in [6, 6.07) is 0. The summed E-state index contributed by atoms with van der Waals surface area (Å²) in [5.41, 5.74) is 0.805. The Labute approximate surface area is 124 Å². The van der Waals surface area contributed by atoms with E-state index in [4.69, 9.17) is 4.74 Å². The maximum atomic E-state index is 11.7. The second kappa shape index (κ2) is 9.01. The molecule has 1 N–H and O–H groups in total. The molecule has 118 valence electrons. The molecule has 0 rings (SSSR count). The molecular formula is C16H32N2O2. The number of allylic oxidation sites excluding steroid dienone is 1. The van der Waals surface area contributed by atoms with E-state index in [0.717, 1.165) is 25.9 Å². The van der Waals surface area contributed by atoms with Gasteiger partial charge in [0.25, 0.3) is 0 Å². The predicted octanol–water partition coefficient (Wildman–Crippen LogP) is 3.44. The van der Waals surface area contributed by atoms with Crippen LogP contribution in [0.15, 0.2) is 12.2 Å². The van der Waals surface area contributed by atoms with Crippen LogP contribution < -0.4 is 5.32 Å². The van der Waals surface area contributed by atoms with E-state index in [2.05, 4.69) is 25.7 Å². The normalized spacial score (nSPS) is 12.9. The molecule has 0 aromatic heterocycles. The molecule has 0 spiro atoms. The van der Waals surface area contributed by atoms with Gasteiger partial charge in [0.05, 0.1) is 0 Å². The van der Waals surface area contributed by atoms with Gasteiger partial charge in [-0.05, 0) is 59.5 Å². The molecule has 0 radical (unpaired) electrons. The van der Waals surface area contributed by atoms with Crippen molar-refractivity contribution in [2.75, 3.05) is 26.7 Å². The fourth-order valence-electron chi connectivity index (χ4n) is 1.56. The van der Waals surface area contributed by atoms with Gasteiger partial charge in [0.1, 0.15) is 5.60 Å². The van der Waals surface area contributed by atoms with Crippen LogP contribution in [0.1, 0.15) is 47.5 Å². The molecule has 0 aliphatic carbocycles. The number of hydrogen-bond donors (Lipinski definition) is 1. The van der Waals surface area contributed by atoms with Gasteiger partial charge in [-0.15, -0.1) is 0 Å². The molecule has 4 nitrogen and oxygen atoms in total. The first-order chi connectivity index (χ1) is 9.13. The second-order valence-corrected chi connectivity index (χ2v) is 6.54. The minimum absolute atomic E-state index is 0.256. The molecule has 0 aromatic rings. The highest BCUT2D eigenvalue weighted by Gasteiger charge is 2.18. The molecule has 1 atom stereocenters. The Balaban J connectivity index is 3.65. The van der Waals surface area contributed by atoms with Crippen LogP contribution in [0.25, 0.3) is 0 Å². The van der Waals surface area contributed by atoms with E-state index < -0.39 is 5.60 Å². The number of ether oxygens (including phenoxy) is 1. The molecule has 0 bridgehead atoms. The van der Waals surface area contributed by atoms with Crippen LogP contribution in [0.3, 0.4) is 0 Å². The third-order valence-electron chi connectivity index (χ3n) is 3.15. The number of rotatable bonds is 8. The average Bonchev–Trinajstić information content (AvgIpc) is 2.30. The van der Waals surface area contributed by atoms with Gasteiger partial charge in [0, 0.05) is 13.6 Å². The molecule has 20 heavy (non-hydrogen) atoms. The van der Waals surface area contributed by atoms with Crippen molar-refractivity contribution in [2.24, 2.45) is 5.92 Å². The highest BCUT2D eigenvalue weighted by molar-refractivity contribution is 5.67. The van der Waals surface area contributed by atoms with E-state index in [1.807, 2.05) is 20.8 Å². The first-order valence-corrected chi connectivity index (χ1v) is 7.43. The lowest BCUT2D eigenvalue weighted by atomic mass is 10.0. The van der Waals surface area contributed by atoms with Gasteiger partial charge in [-0.25, -0.2) is 4.79 Å². The Bertz CT molecular complexity index is 308. The summed E-state index contributed by atoms with van der Waals surface area (Å²) in [5, 5.41) is 3.39. The van der Waals surface area contributed by atoms with Crippen molar-refractivity contribution in [2.45, 2.75) is 53.1 Å². The lowest BCUT2D eigenvalue weighted by molar-refractivity contribution is 0.0297. The summed E-state index contributed by atoms with van der Waals surface area (Å²) in [6.45, 7) is 16.5. The predicted molar refractivity (Wildman–Crippen MR) is 84.9 cm³/mol. The highest BCUT2D eigenvalue weighted by Crippen LogP contribution is 2.10. The minimum atomic E-state index is -0.428. The quantitative estimate of drug-likeness (QED) is 0.548. The first kappa shape index (κ1) is 19.0. The largest absolute Gasteiger partial charge is 0.444 e. The van der Waals surface area contributed by atoms with Crippen LogP contribution in [-0.4, -0.2) is 43.3 Å². The van der Waals surface area contributed by atoms with E-state index in [-0.39, 0.29) is 6.09 Å². The molecule has 0 saturated carbocycles. The zero-order chi connectivity index (χ0) is 15.8. The van der Waals surface area contributed by atoms with Gasteiger partial charge >= 0.3 is 6.09 Å². The van der Waals surface area contributed by atoms with Crippen molar-refractivity contribution < 1.29 is 9.53 Å². The molecule has 1 amide bonds. The molecule has 1 unspecified atom stereocenters. The lowest BCUT2D eigenvalue weighted by Gasteiger charge is -2.24. The van der Waals surface area contributed by atoms with Crippen LogP contribution in [-0.2, 0) is 4.74 Å². The SMILES string of the molecule is C=C(C)C(C)CCNCCCN(C)C(=O)OC(C)(C)C. The highest BCUT2D eigenvalue weighted by atomic mass is 16.6. The molecule has 0 saturated heterocycles. The Morgan fingerprint density at radius 3 is 2.45 bits per heavy atom. The molecule has 0 heterocycles. The van der Waals surface area contributed by atoms with E-state index in [9.17, 15) is 4.79 Å². The number of nitrogens with zero attached hydrogens (tertiary/aromatic N) is 1. The van der Waals surface area contributed by atoms with Gasteiger partial charge < -0.3 is 15.0 Å². The molecule has 0 aliphatic rings. The second-order valence-electron chi connectivity index (χ2n) is 6.54. The molecule has 0 aliphatic heterocycles. The molecule has 0 fully saturated rings. The van der Waals surface area contributed by atoms with Crippen LogP contribution in [0, 0.1) is 5.92 Å². The van der Waals surface area contributed by atoms with E-state index >= 15 is 0 Å². The number of amides is 1. The summed E-state index contributed by atoms with van der Waals surface area (Å²) in [7, 11) is 1.78. The van der Waals surface area contributed by atoms with Crippen LogP contribution in [0.5, 0.6) is 0 Å². The van der Waals surface area contributed by atoms with Crippen LogP contribution in [0.4, 0.5) is 4.79 Å². The number of carbonyl (C=O) groups excluding carboxylic acids is 1. The molecule has 0 aromatic carbocycles. The molecule has 4 heteroatoms. The van der Waals surface area contributed by atoms with Crippen LogP contribution in [0.2, 0.25) is 0 Å². The maximum Gasteiger partial charge on any atom is 0.410 e. The number of hydrogen-bond acceptors (Lipinski definition) is 3. The number of nitrogens with one attached hydrogen (secondary N) is 1. The van der Waals surface area contributed by atoms with Crippen molar-refractivity contribution in [3.63, 3.8) is 0 Å². The smallest absolute Gasteiger partial charge is 0.410 e. The monoisotopic (exact) mass is 284 g/mol. The van der Waals surface area contributed by atoms with Gasteiger partial charge in [0.15, 0.2) is 0 Å². The summed E-state index contributed by atoms with van der Waals surface area (Å²) < 4.78 is 5.29. The van der Waals surface area contributed by atoms with Gasteiger partial charge in [-0.2, -0.15) is 0 Å². The molecular weight excluding hydrogens is 252 g/mol. The lowest BCUT2D eigenvalue weighted by Crippen LogP contribution is -2.35. The zero-order valence-electron chi connectivity index (χ0n) is 14.1. The van der Waals surface area contributed by atoms with Crippen molar-refractivity contribution in [3.8, 4) is 0 Å². The topological polar surface area (TPSA) is 41.6 Å². The number of carbonyl (C=O) groups is 1. The zero-order valence-corrected chi connectivity index (χ0v) is 14.1. The van der Waals surface area contributed by atoms with Crippen LogP contribution >= 0.6 is 0 Å². The fourth-order valence-corrected chi connectivity index (χ4v) is 1.56. The average molecular weight is 284 g/mol. The third kappa shape index (κ3) is 9.84. The Morgan fingerprint density at radius 2 is 1.95 bits per heavy atom. The Morgan fingerprint density at radius 1 is 1.35 bits per heavy atom. The summed E-state index contributed by atoms with van der Waals surface area (Å²) in [5.74, 6) is 0.562. The van der Waals surface area contributed by atoms with Crippen molar-refractivity contribution in [1.29, 1.82) is 0 Å². The summed E-state index contributed by atoms with van der Waals surface area (Å²) >= 11 is 0. The van der Waals surface area contributed by atoms with Gasteiger partial charge in [-0.3, -0.25) is 0 Å². The fraction of sp³-hybridized carbons (Fsp3) is 0.812.